The zero-order valence-electron chi connectivity index (χ0n) is 25.5. The van der Waals surface area contributed by atoms with Gasteiger partial charge in [-0.15, -0.1) is 0 Å². The van der Waals surface area contributed by atoms with Crippen LogP contribution in [0.3, 0.4) is 0 Å². The van der Waals surface area contributed by atoms with Gasteiger partial charge >= 0.3 is 7.12 Å². The van der Waals surface area contributed by atoms with Crippen LogP contribution in [0, 0.1) is 0 Å². The molecule has 0 bridgehead atoms. The Kier molecular flexibility index (Phi) is 6.08. The molecule has 1 aliphatic carbocycles. The highest BCUT2D eigenvalue weighted by Gasteiger charge is 2.38. The van der Waals surface area contributed by atoms with Crippen LogP contribution in [0.5, 0.6) is 0 Å². The van der Waals surface area contributed by atoms with Gasteiger partial charge in [0.05, 0.1) is 11.0 Å². The van der Waals surface area contributed by atoms with Crippen LogP contribution < -0.4 is 5.46 Å². The summed E-state index contributed by atoms with van der Waals surface area (Å²) >= 11 is 0. The Morgan fingerprint density at radius 2 is 1.53 bits per heavy atom. The molecule has 0 saturated carbocycles. The normalized spacial score (nSPS) is 14.4. The van der Waals surface area contributed by atoms with Gasteiger partial charge < -0.3 is 19.0 Å². The fourth-order valence-electron chi connectivity index (χ4n) is 7.58. The van der Waals surface area contributed by atoms with E-state index < -0.39 is 7.12 Å². The molecule has 0 aliphatic heterocycles. The molecule has 2 aromatic heterocycles. The minimum absolute atomic E-state index is 0.246. The van der Waals surface area contributed by atoms with Crippen molar-refractivity contribution in [3.8, 4) is 16.8 Å². The smallest absolute Gasteiger partial charge is 0.456 e. The van der Waals surface area contributed by atoms with Gasteiger partial charge in [-0.1, -0.05) is 111 Å². The molecule has 1 aliphatic rings. The highest BCUT2D eigenvalue weighted by atomic mass is 16.4. The fraction of sp³-hybridized carbons (Fsp3) is 0.100. The lowest BCUT2D eigenvalue weighted by atomic mass is 9.79. The molecule has 0 unspecified atom stereocenters. The van der Waals surface area contributed by atoms with Crippen LogP contribution in [0.25, 0.3) is 66.1 Å². The molecule has 7 aromatic rings. The Hall–Kier alpha value is -5.10. The summed E-state index contributed by atoms with van der Waals surface area (Å²) in [5, 5.41) is 24.2. The van der Waals surface area contributed by atoms with E-state index in [0.717, 1.165) is 44.1 Å². The lowest BCUT2D eigenvalue weighted by Crippen LogP contribution is -2.29. The standard InChI is InChI=1S/C40H32BNO3/c1-5-12-27-28-20-21-29-32-23-24(26-15-10-16-30-31-17-11-18-34(41(43)44)39(31)45-38(26)30)19-22-35(32)42(25-13-8-7-9-14-25)37(29)36(28)40(3,4)33(27)6-2/h5-23,43-44H,2H2,1,3-4H3/b12-5-. The monoisotopic (exact) mass is 585 g/mol. The predicted octanol–water partition coefficient (Wildman–Crippen LogP) is 8.84. The largest absolute Gasteiger partial charge is 0.492 e. The number of rotatable bonds is 5. The van der Waals surface area contributed by atoms with Crippen LogP contribution >= 0.6 is 0 Å². The molecule has 2 heterocycles. The summed E-state index contributed by atoms with van der Waals surface area (Å²) in [5.41, 5.74) is 11.8. The minimum atomic E-state index is -1.62. The van der Waals surface area contributed by atoms with Crippen molar-refractivity contribution in [2.24, 2.45) is 0 Å². The molecule has 45 heavy (non-hydrogen) atoms. The van der Waals surface area contributed by atoms with E-state index in [-0.39, 0.29) is 5.41 Å². The molecule has 0 atom stereocenters. The Morgan fingerprint density at radius 1 is 0.778 bits per heavy atom. The Bertz CT molecular complexity index is 2400. The van der Waals surface area contributed by atoms with Crippen LogP contribution in [0.15, 0.2) is 132 Å². The zero-order chi connectivity index (χ0) is 31.0. The summed E-state index contributed by atoms with van der Waals surface area (Å²) in [6.07, 6.45) is 6.33. The summed E-state index contributed by atoms with van der Waals surface area (Å²) in [4.78, 5) is 0. The van der Waals surface area contributed by atoms with Crippen molar-refractivity contribution < 1.29 is 14.5 Å². The number of benzene rings is 5. The molecule has 0 radical (unpaired) electrons. The molecule has 2 N–H and O–H groups in total. The van der Waals surface area contributed by atoms with Gasteiger partial charge in [0.1, 0.15) is 11.2 Å². The first-order valence-corrected chi connectivity index (χ1v) is 15.3. The van der Waals surface area contributed by atoms with E-state index in [0.29, 0.717) is 11.0 Å². The average Bonchev–Trinajstić information content (AvgIpc) is 3.66. The van der Waals surface area contributed by atoms with Gasteiger partial charge in [-0.05, 0) is 59.0 Å². The topological polar surface area (TPSA) is 58.5 Å². The molecule has 0 fully saturated rings. The highest BCUT2D eigenvalue weighted by Crippen LogP contribution is 2.52. The summed E-state index contributed by atoms with van der Waals surface area (Å²) in [6, 6.07) is 33.4. The van der Waals surface area contributed by atoms with Gasteiger partial charge in [-0.3, -0.25) is 0 Å². The van der Waals surface area contributed by atoms with Gasteiger partial charge in [0.2, 0.25) is 0 Å². The van der Waals surface area contributed by atoms with E-state index in [4.69, 9.17) is 4.42 Å². The van der Waals surface area contributed by atoms with E-state index >= 15 is 0 Å². The van der Waals surface area contributed by atoms with Crippen LogP contribution in [-0.4, -0.2) is 21.7 Å². The molecular weight excluding hydrogens is 553 g/mol. The van der Waals surface area contributed by atoms with E-state index in [1.165, 1.54) is 33.2 Å². The van der Waals surface area contributed by atoms with E-state index in [9.17, 15) is 10.0 Å². The summed E-state index contributed by atoms with van der Waals surface area (Å²) in [6.45, 7) is 10.9. The number of aromatic nitrogens is 1. The molecule has 0 saturated heterocycles. The third kappa shape index (κ3) is 3.81. The molecule has 4 nitrogen and oxygen atoms in total. The maximum absolute atomic E-state index is 10.0. The Morgan fingerprint density at radius 3 is 2.27 bits per heavy atom. The second-order valence-electron chi connectivity index (χ2n) is 12.3. The lowest BCUT2D eigenvalue weighted by molar-refractivity contribution is 0.425. The van der Waals surface area contributed by atoms with Gasteiger partial charge in [0.15, 0.2) is 0 Å². The van der Waals surface area contributed by atoms with Crippen molar-refractivity contribution in [1.82, 2.24) is 4.57 Å². The number of nitrogens with zero attached hydrogens (tertiary/aromatic N) is 1. The zero-order valence-corrected chi connectivity index (χ0v) is 25.5. The molecule has 5 heteroatoms. The number of furan rings is 1. The molecule has 0 spiro atoms. The minimum Gasteiger partial charge on any atom is -0.456 e. The van der Waals surface area contributed by atoms with E-state index in [2.05, 4.69) is 111 Å². The third-order valence-corrected chi connectivity index (χ3v) is 9.50. The molecular formula is C40H32BNO3. The van der Waals surface area contributed by atoms with Crippen LogP contribution in [0.2, 0.25) is 0 Å². The summed E-state index contributed by atoms with van der Waals surface area (Å²) in [5.74, 6) is 0. The van der Waals surface area contributed by atoms with Crippen molar-refractivity contribution in [3.05, 3.63) is 139 Å². The molecule has 8 rings (SSSR count). The van der Waals surface area contributed by atoms with Crippen LogP contribution in [-0.2, 0) is 5.41 Å². The van der Waals surface area contributed by atoms with Crippen molar-refractivity contribution in [2.75, 3.05) is 0 Å². The Balaban J connectivity index is 1.45. The second-order valence-corrected chi connectivity index (χ2v) is 12.3. The molecule has 218 valence electrons. The average molecular weight is 586 g/mol. The van der Waals surface area contributed by atoms with Gasteiger partial charge in [0.25, 0.3) is 0 Å². The van der Waals surface area contributed by atoms with Crippen molar-refractivity contribution >= 4 is 61.9 Å². The van der Waals surface area contributed by atoms with Gasteiger partial charge in [-0.2, -0.15) is 0 Å². The highest BCUT2D eigenvalue weighted by molar-refractivity contribution is 6.61. The maximum atomic E-state index is 10.0. The van der Waals surface area contributed by atoms with Crippen molar-refractivity contribution in [1.29, 1.82) is 0 Å². The summed E-state index contributed by atoms with van der Waals surface area (Å²) < 4.78 is 8.81. The number of para-hydroxylation sites is 3. The number of allylic oxidation sites excluding steroid dienone is 5. The van der Waals surface area contributed by atoms with E-state index in [1.807, 2.05) is 30.3 Å². The quantitative estimate of drug-likeness (QED) is 0.199. The first-order chi connectivity index (χ1) is 21.8. The van der Waals surface area contributed by atoms with Crippen molar-refractivity contribution in [2.45, 2.75) is 26.2 Å². The first-order valence-electron chi connectivity index (χ1n) is 15.3. The van der Waals surface area contributed by atoms with Crippen LogP contribution in [0.4, 0.5) is 0 Å². The van der Waals surface area contributed by atoms with Crippen LogP contribution in [0.1, 0.15) is 31.9 Å². The van der Waals surface area contributed by atoms with Gasteiger partial charge in [0, 0.05) is 43.7 Å². The molecule has 5 aromatic carbocycles. The first kappa shape index (κ1) is 27.5. The van der Waals surface area contributed by atoms with Gasteiger partial charge in [-0.25, -0.2) is 0 Å². The number of hydrogen-bond acceptors (Lipinski definition) is 3. The predicted molar refractivity (Wildman–Crippen MR) is 188 cm³/mol. The van der Waals surface area contributed by atoms with Crippen molar-refractivity contribution in [3.63, 3.8) is 0 Å². The molecule has 0 amide bonds. The maximum Gasteiger partial charge on any atom is 0.492 e. The van der Waals surface area contributed by atoms with E-state index in [1.54, 1.807) is 6.07 Å². The Labute approximate surface area is 262 Å². The fourth-order valence-corrected chi connectivity index (χ4v) is 7.58. The number of fused-ring (bicyclic) bond motifs is 8. The third-order valence-electron chi connectivity index (χ3n) is 9.50. The SMILES string of the molecule is C=CC1=C(/C=C\C)c2ccc3c4cc(-c5cccc6c5oc5c(B(O)O)cccc56)ccc4n(-c4ccccc4)c3c2C1(C)C. The lowest BCUT2D eigenvalue weighted by Gasteiger charge is -2.25. The number of hydrogen-bond donors (Lipinski definition) is 2. The second kappa shape index (κ2) is 9.96. The summed E-state index contributed by atoms with van der Waals surface area (Å²) in [7, 11) is -1.62.